The molecule has 0 radical (unpaired) electrons. The summed E-state index contributed by atoms with van der Waals surface area (Å²) in [4.78, 5) is 5.30. The Kier molecular flexibility index (Phi) is 4.31. The summed E-state index contributed by atoms with van der Waals surface area (Å²) in [6, 6.07) is 11.3. The van der Waals surface area contributed by atoms with Gasteiger partial charge in [-0.2, -0.15) is 5.26 Å². The van der Waals surface area contributed by atoms with Crippen molar-refractivity contribution in [3.05, 3.63) is 46.2 Å². The lowest BCUT2D eigenvalue weighted by atomic mass is 10.0. The van der Waals surface area contributed by atoms with E-state index in [-0.39, 0.29) is 18.3 Å². The van der Waals surface area contributed by atoms with Crippen molar-refractivity contribution in [3.63, 3.8) is 0 Å². The van der Waals surface area contributed by atoms with Crippen molar-refractivity contribution >= 4 is 27.3 Å². The maximum Gasteiger partial charge on any atom is 0.240 e. The number of aliphatic imine (C=N–C) groups is 1. The molecule has 0 amide bonds. The molecule has 25 heavy (non-hydrogen) atoms. The number of nitrogens with zero attached hydrogens (tertiary/aromatic N) is 3. The van der Waals surface area contributed by atoms with Crippen LogP contribution in [0.5, 0.6) is 0 Å². The first kappa shape index (κ1) is 17.5. The lowest BCUT2D eigenvalue weighted by Gasteiger charge is -2.34. The molecule has 0 saturated carbocycles. The number of thiophene rings is 1. The molecule has 6 nitrogen and oxygen atoms in total. The van der Waals surface area contributed by atoms with Gasteiger partial charge < -0.3 is 5.73 Å². The highest BCUT2D eigenvalue weighted by atomic mass is 32.2. The molecule has 1 atom stereocenters. The standard InChI is InChI=1S/C17H18N4O2S2/c1-3-21-16(19)20-17(2,11-25(21,22)23)15-8-14(10-24-15)13-6-4-5-12(7-13)9-18/h4-8,10H,3,11H2,1-2H3,(H2,19,20)/t17-/m0/s1. The fourth-order valence-corrected chi connectivity index (χ4v) is 5.86. The average molecular weight is 374 g/mol. The van der Waals surface area contributed by atoms with E-state index in [1.54, 1.807) is 19.9 Å². The van der Waals surface area contributed by atoms with Gasteiger partial charge in [-0.25, -0.2) is 17.7 Å². The third-order valence-electron chi connectivity index (χ3n) is 4.16. The first-order valence-corrected chi connectivity index (χ1v) is 10.2. The minimum absolute atomic E-state index is 0.0256. The topological polar surface area (TPSA) is 99.5 Å². The van der Waals surface area contributed by atoms with Gasteiger partial charge in [-0.15, -0.1) is 11.3 Å². The van der Waals surface area contributed by atoms with Crippen LogP contribution < -0.4 is 5.73 Å². The molecular weight excluding hydrogens is 356 g/mol. The molecule has 1 aromatic carbocycles. The highest BCUT2D eigenvalue weighted by Crippen LogP contribution is 2.38. The largest absolute Gasteiger partial charge is 0.369 e. The third-order valence-corrected chi connectivity index (χ3v) is 7.39. The predicted molar refractivity (Wildman–Crippen MR) is 99.6 cm³/mol. The Morgan fingerprint density at radius 1 is 1.40 bits per heavy atom. The molecule has 3 rings (SSSR count). The minimum Gasteiger partial charge on any atom is -0.369 e. The van der Waals surface area contributed by atoms with Crippen LogP contribution in [0, 0.1) is 11.3 Å². The lowest BCUT2D eigenvalue weighted by molar-refractivity contribution is 0.465. The quantitative estimate of drug-likeness (QED) is 0.892. The van der Waals surface area contributed by atoms with Crippen LogP contribution in [0.25, 0.3) is 11.1 Å². The van der Waals surface area contributed by atoms with E-state index >= 15 is 0 Å². The predicted octanol–water partition coefficient (Wildman–Crippen LogP) is 2.48. The van der Waals surface area contributed by atoms with Crippen LogP contribution in [0.2, 0.25) is 0 Å². The molecule has 0 aliphatic carbocycles. The minimum atomic E-state index is -3.50. The van der Waals surface area contributed by atoms with Crippen LogP contribution in [-0.2, 0) is 15.6 Å². The highest BCUT2D eigenvalue weighted by molar-refractivity contribution is 7.89. The lowest BCUT2D eigenvalue weighted by Crippen LogP contribution is -2.51. The molecule has 0 unspecified atom stereocenters. The monoisotopic (exact) mass is 374 g/mol. The van der Waals surface area contributed by atoms with E-state index in [9.17, 15) is 8.42 Å². The number of guanidine groups is 1. The summed E-state index contributed by atoms with van der Waals surface area (Å²) in [6.07, 6.45) is 0. The maximum atomic E-state index is 12.5. The molecule has 2 N–H and O–H groups in total. The number of benzene rings is 1. The van der Waals surface area contributed by atoms with Crippen molar-refractivity contribution in [2.45, 2.75) is 19.4 Å². The van der Waals surface area contributed by atoms with Gasteiger partial charge in [-0.3, -0.25) is 0 Å². The Morgan fingerprint density at radius 2 is 2.16 bits per heavy atom. The second-order valence-corrected chi connectivity index (χ2v) is 8.86. The molecule has 8 heteroatoms. The summed E-state index contributed by atoms with van der Waals surface area (Å²) < 4.78 is 26.2. The molecule has 1 aromatic heterocycles. The van der Waals surface area contributed by atoms with Gasteiger partial charge in [0, 0.05) is 11.4 Å². The smallest absolute Gasteiger partial charge is 0.240 e. The molecule has 0 spiro atoms. The number of nitrogens with two attached hydrogens (primary N) is 1. The fraction of sp³-hybridized carbons (Fsp3) is 0.294. The Bertz CT molecular complexity index is 988. The second-order valence-electron chi connectivity index (χ2n) is 6.06. The summed E-state index contributed by atoms with van der Waals surface area (Å²) in [5.41, 5.74) is 7.41. The van der Waals surface area contributed by atoms with Gasteiger partial charge in [0.25, 0.3) is 0 Å². The number of sulfonamides is 1. The van der Waals surface area contributed by atoms with E-state index in [1.807, 2.05) is 29.6 Å². The third kappa shape index (κ3) is 3.13. The molecule has 2 heterocycles. The Labute approximate surface area is 151 Å². The first-order valence-electron chi connectivity index (χ1n) is 7.74. The van der Waals surface area contributed by atoms with Crippen LogP contribution in [-0.4, -0.2) is 31.0 Å². The van der Waals surface area contributed by atoms with Gasteiger partial charge in [0.05, 0.1) is 17.4 Å². The summed E-state index contributed by atoms with van der Waals surface area (Å²) in [5, 5.41) is 11.0. The molecule has 0 bridgehead atoms. The van der Waals surface area contributed by atoms with E-state index in [4.69, 9.17) is 11.0 Å². The summed E-state index contributed by atoms with van der Waals surface area (Å²) in [6.45, 7) is 3.78. The SMILES string of the molecule is CCN1C(N)=N[C@](C)(c2cc(-c3cccc(C#N)c3)cs2)CS1(=O)=O. The van der Waals surface area contributed by atoms with Crippen molar-refractivity contribution < 1.29 is 8.42 Å². The zero-order valence-corrected chi connectivity index (χ0v) is 15.6. The van der Waals surface area contributed by atoms with Crippen LogP contribution in [0.4, 0.5) is 0 Å². The van der Waals surface area contributed by atoms with E-state index in [0.29, 0.717) is 5.56 Å². The number of hydrogen-bond acceptors (Lipinski definition) is 6. The molecule has 0 fully saturated rings. The number of nitriles is 1. The maximum absolute atomic E-state index is 12.5. The summed E-state index contributed by atoms with van der Waals surface area (Å²) in [7, 11) is -3.50. The van der Waals surface area contributed by atoms with Gasteiger partial charge in [0.2, 0.25) is 16.0 Å². The van der Waals surface area contributed by atoms with E-state index in [0.717, 1.165) is 20.3 Å². The van der Waals surface area contributed by atoms with Crippen molar-refractivity contribution in [2.24, 2.45) is 10.7 Å². The fourth-order valence-electron chi connectivity index (χ4n) is 2.94. The molecule has 2 aromatic rings. The summed E-state index contributed by atoms with van der Waals surface area (Å²) in [5.74, 6) is -0.0927. The van der Waals surface area contributed by atoms with Crippen LogP contribution >= 0.6 is 11.3 Å². The van der Waals surface area contributed by atoms with Gasteiger partial charge in [-0.05, 0) is 48.6 Å². The van der Waals surface area contributed by atoms with Crippen molar-refractivity contribution in [3.8, 4) is 17.2 Å². The Balaban J connectivity index is 2.02. The normalized spacial score (nSPS) is 22.3. The Morgan fingerprint density at radius 3 is 2.80 bits per heavy atom. The van der Waals surface area contributed by atoms with E-state index in [2.05, 4.69) is 11.1 Å². The molecule has 130 valence electrons. The molecule has 1 aliphatic heterocycles. The first-order chi connectivity index (χ1) is 11.8. The van der Waals surface area contributed by atoms with Crippen molar-refractivity contribution in [1.29, 1.82) is 5.26 Å². The van der Waals surface area contributed by atoms with Crippen molar-refractivity contribution in [2.75, 3.05) is 12.3 Å². The molecule has 0 saturated heterocycles. The summed E-state index contributed by atoms with van der Waals surface area (Å²) >= 11 is 1.45. The zero-order valence-electron chi connectivity index (χ0n) is 13.9. The van der Waals surface area contributed by atoms with Crippen LogP contribution in [0.1, 0.15) is 24.3 Å². The van der Waals surface area contributed by atoms with E-state index in [1.165, 1.54) is 11.3 Å². The number of rotatable bonds is 3. The zero-order chi connectivity index (χ0) is 18.2. The highest BCUT2D eigenvalue weighted by Gasteiger charge is 2.41. The molecule has 1 aliphatic rings. The van der Waals surface area contributed by atoms with Gasteiger partial charge >= 0.3 is 0 Å². The van der Waals surface area contributed by atoms with Crippen molar-refractivity contribution in [1.82, 2.24) is 4.31 Å². The van der Waals surface area contributed by atoms with Gasteiger partial charge in [0.15, 0.2) is 0 Å². The van der Waals surface area contributed by atoms with E-state index < -0.39 is 15.6 Å². The van der Waals surface area contributed by atoms with Crippen LogP contribution in [0.15, 0.2) is 40.7 Å². The van der Waals surface area contributed by atoms with Gasteiger partial charge in [-0.1, -0.05) is 12.1 Å². The Hall–Kier alpha value is -2.37. The van der Waals surface area contributed by atoms with Crippen LogP contribution in [0.3, 0.4) is 0 Å². The van der Waals surface area contributed by atoms with Gasteiger partial charge in [0.1, 0.15) is 5.54 Å². The second kappa shape index (κ2) is 6.17. The number of hydrogen-bond donors (Lipinski definition) is 1. The molecular formula is C17H18N4O2S2. The average Bonchev–Trinajstić information content (AvgIpc) is 3.04.